The van der Waals surface area contributed by atoms with Gasteiger partial charge in [-0.15, -0.1) is 10.2 Å². The van der Waals surface area contributed by atoms with Gasteiger partial charge in [0, 0.05) is 44.8 Å². The van der Waals surface area contributed by atoms with Gasteiger partial charge in [-0.2, -0.15) is 0 Å². The number of hydrogen-bond acceptors (Lipinski definition) is 5. The highest BCUT2D eigenvalue weighted by Crippen LogP contribution is 2.35. The summed E-state index contributed by atoms with van der Waals surface area (Å²) in [5.41, 5.74) is 2.57. The summed E-state index contributed by atoms with van der Waals surface area (Å²) in [4.78, 5) is 22.6. The fourth-order valence-electron chi connectivity index (χ4n) is 4.75. The van der Waals surface area contributed by atoms with E-state index in [0.29, 0.717) is 18.3 Å². The highest BCUT2D eigenvalue weighted by atomic mass is 16.5. The van der Waals surface area contributed by atoms with Crippen molar-refractivity contribution in [2.75, 3.05) is 26.3 Å². The van der Waals surface area contributed by atoms with Gasteiger partial charge in [-0.3, -0.25) is 9.20 Å². The largest absolute Gasteiger partial charge is 0.381 e. The Hall–Kier alpha value is -2.48. The molecule has 8 heteroatoms. The summed E-state index contributed by atoms with van der Waals surface area (Å²) in [6.07, 6.45) is 7.28. The third-order valence-electron chi connectivity index (χ3n) is 6.42. The maximum absolute atomic E-state index is 13.0. The fourth-order valence-corrected chi connectivity index (χ4v) is 4.75. The van der Waals surface area contributed by atoms with Gasteiger partial charge in [0.15, 0.2) is 11.3 Å². The average molecular weight is 382 g/mol. The van der Waals surface area contributed by atoms with E-state index in [1.165, 1.54) is 0 Å². The molecule has 1 N–H and O–H groups in total. The van der Waals surface area contributed by atoms with Crippen LogP contribution in [0.2, 0.25) is 0 Å². The van der Waals surface area contributed by atoms with Crippen molar-refractivity contribution in [2.24, 2.45) is 11.8 Å². The lowest BCUT2D eigenvalue weighted by Crippen LogP contribution is -2.32. The maximum Gasteiger partial charge on any atom is 0.222 e. The monoisotopic (exact) mass is 382 g/mol. The Balaban J connectivity index is 1.41. The highest BCUT2D eigenvalue weighted by molar-refractivity contribution is 5.77. The number of likely N-dealkylation sites (tertiary alicyclic amines) is 1. The lowest BCUT2D eigenvalue weighted by atomic mass is 9.93. The highest BCUT2D eigenvalue weighted by Gasteiger charge is 2.38. The van der Waals surface area contributed by atoms with E-state index >= 15 is 0 Å². The molecule has 0 bridgehead atoms. The van der Waals surface area contributed by atoms with Crippen LogP contribution in [0.15, 0.2) is 18.5 Å². The summed E-state index contributed by atoms with van der Waals surface area (Å²) in [6.45, 7) is 5.28. The van der Waals surface area contributed by atoms with Crippen LogP contribution in [0.25, 0.3) is 16.8 Å². The van der Waals surface area contributed by atoms with Crippen molar-refractivity contribution in [2.45, 2.75) is 38.5 Å². The molecule has 2 atom stereocenters. The number of carbonyl (C=O) groups is 1. The zero-order chi connectivity index (χ0) is 19.1. The predicted molar refractivity (Wildman–Crippen MR) is 104 cm³/mol. The minimum absolute atomic E-state index is 0.194. The van der Waals surface area contributed by atoms with E-state index in [-0.39, 0.29) is 11.8 Å². The van der Waals surface area contributed by atoms with E-state index in [4.69, 9.17) is 4.74 Å². The molecule has 0 unspecified atom stereocenters. The zero-order valence-electron chi connectivity index (χ0n) is 16.2. The molecule has 8 nitrogen and oxygen atoms in total. The van der Waals surface area contributed by atoms with Crippen molar-refractivity contribution < 1.29 is 9.53 Å². The van der Waals surface area contributed by atoms with E-state index in [1.54, 1.807) is 6.20 Å². The van der Waals surface area contributed by atoms with Gasteiger partial charge in [0.1, 0.15) is 5.82 Å². The minimum Gasteiger partial charge on any atom is -0.381 e. The summed E-state index contributed by atoms with van der Waals surface area (Å²) >= 11 is 0. The van der Waals surface area contributed by atoms with E-state index < -0.39 is 0 Å². The molecule has 3 aromatic rings. The van der Waals surface area contributed by atoms with Crippen molar-refractivity contribution in [1.82, 2.24) is 29.5 Å². The summed E-state index contributed by atoms with van der Waals surface area (Å²) in [5, 5.41) is 8.86. The molecule has 2 fully saturated rings. The Morgan fingerprint density at radius 1 is 1.29 bits per heavy atom. The number of fused-ring (bicyclic) bond motifs is 3. The average Bonchev–Trinajstić information content (AvgIpc) is 3.44. The molecule has 0 spiro atoms. The Kier molecular flexibility index (Phi) is 4.50. The molecule has 148 valence electrons. The van der Waals surface area contributed by atoms with Gasteiger partial charge < -0.3 is 14.6 Å². The second kappa shape index (κ2) is 7.16. The van der Waals surface area contributed by atoms with E-state index in [2.05, 4.69) is 31.5 Å². The van der Waals surface area contributed by atoms with E-state index in [9.17, 15) is 4.79 Å². The lowest BCUT2D eigenvalue weighted by molar-refractivity contribution is -0.132. The topological polar surface area (TPSA) is 88.4 Å². The van der Waals surface area contributed by atoms with Gasteiger partial charge in [0.2, 0.25) is 5.91 Å². The van der Waals surface area contributed by atoms with Gasteiger partial charge in [-0.25, -0.2) is 4.98 Å². The predicted octanol–water partition coefficient (Wildman–Crippen LogP) is 2.37. The smallest absolute Gasteiger partial charge is 0.222 e. The van der Waals surface area contributed by atoms with Crippen molar-refractivity contribution in [3.05, 3.63) is 24.3 Å². The molecule has 2 saturated heterocycles. The molecule has 1 amide bonds. The van der Waals surface area contributed by atoms with Gasteiger partial charge in [0.25, 0.3) is 0 Å². The molecule has 0 saturated carbocycles. The third kappa shape index (κ3) is 2.96. The normalized spacial score (nSPS) is 23.8. The first kappa shape index (κ1) is 17.6. The van der Waals surface area contributed by atoms with Crippen molar-refractivity contribution in [1.29, 1.82) is 0 Å². The summed E-state index contributed by atoms with van der Waals surface area (Å²) in [5.74, 6) is 2.26. The standard InChI is InChI=1S/C20H26N6O2/c1-2-14-11-25(18(27)9-13-4-7-28-8-5-13)12-15(14)20-24-23-17-10-22-19-16(26(17)20)3-6-21-19/h3,6,10,13-15,21H,2,4-5,7-9,11-12H2,1H3/t14-,15+/m1/s1. The molecule has 2 aliphatic heterocycles. The number of H-pyrrole nitrogens is 1. The Labute approximate surface area is 163 Å². The lowest BCUT2D eigenvalue weighted by Gasteiger charge is -2.24. The van der Waals surface area contributed by atoms with Crippen LogP contribution in [0.1, 0.15) is 44.3 Å². The first-order valence-electron chi connectivity index (χ1n) is 10.3. The van der Waals surface area contributed by atoms with E-state index in [0.717, 1.165) is 68.2 Å². The maximum atomic E-state index is 13.0. The Morgan fingerprint density at radius 3 is 2.96 bits per heavy atom. The number of hydrogen-bond donors (Lipinski definition) is 1. The second-order valence-corrected chi connectivity index (χ2v) is 8.05. The fraction of sp³-hybridized carbons (Fsp3) is 0.600. The zero-order valence-corrected chi connectivity index (χ0v) is 16.2. The quantitative estimate of drug-likeness (QED) is 0.748. The number of carbonyl (C=O) groups excluding carboxylic acids is 1. The summed E-state index contributed by atoms with van der Waals surface area (Å²) in [6, 6.07) is 2.01. The number of aromatic nitrogens is 5. The van der Waals surface area contributed by atoms with Crippen LogP contribution in [0.4, 0.5) is 0 Å². The van der Waals surface area contributed by atoms with Gasteiger partial charge >= 0.3 is 0 Å². The molecule has 5 heterocycles. The second-order valence-electron chi connectivity index (χ2n) is 8.05. The van der Waals surface area contributed by atoms with Gasteiger partial charge in [-0.1, -0.05) is 13.3 Å². The molecular weight excluding hydrogens is 356 g/mol. The molecule has 0 aromatic carbocycles. The molecule has 0 radical (unpaired) electrons. The number of aromatic amines is 1. The van der Waals surface area contributed by atoms with Gasteiger partial charge in [0.05, 0.1) is 11.7 Å². The number of nitrogens with one attached hydrogen (secondary N) is 1. The van der Waals surface area contributed by atoms with Crippen molar-refractivity contribution >= 4 is 22.7 Å². The molecule has 0 aliphatic carbocycles. The van der Waals surface area contributed by atoms with Crippen molar-refractivity contribution in [3.8, 4) is 0 Å². The summed E-state index contributed by atoms with van der Waals surface area (Å²) < 4.78 is 7.52. The van der Waals surface area contributed by atoms with E-state index in [1.807, 2.05) is 17.2 Å². The first-order valence-corrected chi connectivity index (χ1v) is 10.3. The van der Waals surface area contributed by atoms with Crippen molar-refractivity contribution in [3.63, 3.8) is 0 Å². The molecule has 28 heavy (non-hydrogen) atoms. The minimum atomic E-state index is 0.194. The summed E-state index contributed by atoms with van der Waals surface area (Å²) in [7, 11) is 0. The van der Waals surface area contributed by atoms with Gasteiger partial charge in [-0.05, 0) is 30.7 Å². The molecular formula is C20H26N6O2. The van der Waals surface area contributed by atoms with Crippen LogP contribution in [0.3, 0.4) is 0 Å². The van der Waals surface area contributed by atoms with Crippen LogP contribution in [-0.2, 0) is 9.53 Å². The Morgan fingerprint density at radius 2 is 2.14 bits per heavy atom. The number of rotatable bonds is 4. The third-order valence-corrected chi connectivity index (χ3v) is 6.42. The molecule has 5 rings (SSSR count). The number of ether oxygens (including phenoxy) is 1. The van der Waals surface area contributed by atoms with Crippen LogP contribution in [-0.4, -0.2) is 61.7 Å². The van der Waals surface area contributed by atoms with Crippen LogP contribution >= 0.6 is 0 Å². The Bertz CT molecular complexity index is 989. The number of amides is 1. The van der Waals surface area contributed by atoms with Crippen LogP contribution in [0, 0.1) is 11.8 Å². The van der Waals surface area contributed by atoms with Crippen LogP contribution < -0.4 is 0 Å². The number of nitrogens with zero attached hydrogens (tertiary/aromatic N) is 5. The molecule has 3 aromatic heterocycles. The first-order chi connectivity index (χ1) is 13.7. The SMILES string of the molecule is CC[C@@H]1CN(C(=O)CC2CCOCC2)C[C@@H]1c1nnc2cnc3[nH]ccc3n12. The van der Waals surface area contributed by atoms with Crippen LogP contribution in [0.5, 0.6) is 0 Å². The molecule has 2 aliphatic rings.